The molecule has 1 unspecified atom stereocenters. The van der Waals surface area contributed by atoms with Crippen LogP contribution in [0.25, 0.3) is 0 Å². The highest BCUT2D eigenvalue weighted by molar-refractivity contribution is 9.10. The summed E-state index contributed by atoms with van der Waals surface area (Å²) in [6.07, 6.45) is 1.28. The van der Waals surface area contributed by atoms with E-state index in [4.69, 9.17) is 14.2 Å². The van der Waals surface area contributed by atoms with Gasteiger partial charge in [-0.05, 0) is 42.5 Å². The number of halogens is 1. The van der Waals surface area contributed by atoms with E-state index in [1.165, 1.54) is 6.20 Å². The smallest absolute Gasteiger partial charge is 0.255 e. The quantitative estimate of drug-likeness (QED) is 0.565. The number of fused-ring (bicyclic) bond motifs is 1. The Kier molecular flexibility index (Phi) is 5.67. The van der Waals surface area contributed by atoms with Crippen LogP contribution in [0.4, 0.5) is 0 Å². The van der Waals surface area contributed by atoms with Crippen LogP contribution in [0.5, 0.6) is 23.1 Å². The molecule has 0 spiro atoms. The van der Waals surface area contributed by atoms with Gasteiger partial charge in [-0.1, -0.05) is 28.1 Å². The number of hydrogen-bond acceptors (Lipinski definition) is 5. The second kappa shape index (κ2) is 8.53. The van der Waals surface area contributed by atoms with Gasteiger partial charge in [-0.2, -0.15) is 0 Å². The molecule has 0 radical (unpaired) electrons. The first-order valence-electron chi connectivity index (χ1n) is 9.12. The number of carbonyl (C=O) groups excluding carboxylic acids is 1. The van der Waals surface area contributed by atoms with Crippen molar-refractivity contribution in [3.63, 3.8) is 0 Å². The second-order valence-corrected chi connectivity index (χ2v) is 7.54. The highest BCUT2D eigenvalue weighted by Gasteiger charge is 2.24. The molecule has 3 aromatic rings. The summed E-state index contributed by atoms with van der Waals surface area (Å²) in [6, 6.07) is 18.3. The van der Waals surface area contributed by atoms with Crippen LogP contribution in [0.1, 0.15) is 10.4 Å². The van der Waals surface area contributed by atoms with Crippen LogP contribution in [0.2, 0.25) is 0 Å². The van der Waals surface area contributed by atoms with Crippen LogP contribution in [0.3, 0.4) is 0 Å². The summed E-state index contributed by atoms with van der Waals surface area (Å²) in [6.45, 7) is 0.803. The molecule has 4 rings (SSSR count). The van der Waals surface area contributed by atoms with Gasteiger partial charge < -0.3 is 19.1 Å². The maximum Gasteiger partial charge on any atom is 0.255 e. The van der Waals surface area contributed by atoms with Crippen molar-refractivity contribution in [3.8, 4) is 23.1 Å². The summed E-state index contributed by atoms with van der Waals surface area (Å²) in [5.74, 6) is 2.37. The number of para-hydroxylation sites is 2. The van der Waals surface area contributed by atoms with Crippen LogP contribution >= 0.6 is 15.9 Å². The Morgan fingerprint density at radius 2 is 1.90 bits per heavy atom. The molecule has 6 nitrogen and oxygen atoms in total. The zero-order chi connectivity index (χ0) is 20.2. The van der Waals surface area contributed by atoms with Crippen molar-refractivity contribution in [2.75, 3.05) is 20.2 Å². The molecular formula is C22H19BrN2O4. The molecule has 1 aliphatic heterocycles. The van der Waals surface area contributed by atoms with E-state index in [1.54, 1.807) is 24.1 Å². The lowest BCUT2D eigenvalue weighted by Gasteiger charge is -2.29. The van der Waals surface area contributed by atoms with E-state index in [-0.39, 0.29) is 12.0 Å². The number of benzene rings is 2. The minimum Gasteiger partial charge on any atom is -0.486 e. The van der Waals surface area contributed by atoms with Crippen molar-refractivity contribution in [3.05, 3.63) is 76.9 Å². The topological polar surface area (TPSA) is 60.9 Å². The third-order valence-electron chi connectivity index (χ3n) is 4.41. The Labute approximate surface area is 177 Å². The lowest BCUT2D eigenvalue weighted by atomic mass is 10.2. The summed E-state index contributed by atoms with van der Waals surface area (Å²) in [4.78, 5) is 18.6. The van der Waals surface area contributed by atoms with E-state index < -0.39 is 0 Å². The predicted molar refractivity (Wildman–Crippen MR) is 112 cm³/mol. The molecule has 29 heavy (non-hydrogen) atoms. The van der Waals surface area contributed by atoms with Gasteiger partial charge in [-0.3, -0.25) is 4.79 Å². The van der Waals surface area contributed by atoms with Crippen LogP contribution in [0.15, 0.2) is 71.3 Å². The van der Waals surface area contributed by atoms with Crippen LogP contribution in [-0.4, -0.2) is 42.1 Å². The molecule has 0 saturated heterocycles. The number of hydrogen-bond donors (Lipinski definition) is 0. The summed E-state index contributed by atoms with van der Waals surface area (Å²) in [7, 11) is 1.73. The lowest BCUT2D eigenvalue weighted by molar-refractivity contribution is 0.0520. The Morgan fingerprint density at radius 1 is 1.14 bits per heavy atom. The molecule has 0 fully saturated rings. The van der Waals surface area contributed by atoms with Gasteiger partial charge in [0.15, 0.2) is 17.6 Å². The number of likely N-dealkylation sites (N-methyl/N-ethyl adjacent to an activating group) is 1. The van der Waals surface area contributed by atoms with E-state index in [9.17, 15) is 4.79 Å². The highest BCUT2D eigenvalue weighted by atomic mass is 79.9. The maximum absolute atomic E-state index is 12.7. The SMILES string of the molecule is CN(CC1COc2ccccc2O1)C(=O)c1ccc(Oc2ccc(Br)cc2)nc1. The first kappa shape index (κ1) is 19.3. The molecular weight excluding hydrogens is 436 g/mol. The van der Waals surface area contributed by atoms with Gasteiger partial charge in [-0.25, -0.2) is 4.98 Å². The fourth-order valence-corrected chi connectivity index (χ4v) is 3.22. The fourth-order valence-electron chi connectivity index (χ4n) is 2.95. The largest absolute Gasteiger partial charge is 0.486 e. The summed E-state index contributed by atoms with van der Waals surface area (Å²) >= 11 is 3.38. The Hall–Kier alpha value is -3.06. The van der Waals surface area contributed by atoms with Crippen molar-refractivity contribution in [2.24, 2.45) is 0 Å². The van der Waals surface area contributed by atoms with Gasteiger partial charge >= 0.3 is 0 Å². The zero-order valence-electron chi connectivity index (χ0n) is 15.7. The fraction of sp³-hybridized carbons (Fsp3) is 0.182. The average molecular weight is 455 g/mol. The normalized spacial score (nSPS) is 14.9. The minimum absolute atomic E-state index is 0.143. The van der Waals surface area contributed by atoms with E-state index in [0.29, 0.717) is 36.1 Å². The molecule has 0 N–H and O–H groups in total. The molecule has 1 atom stereocenters. The third-order valence-corrected chi connectivity index (χ3v) is 4.94. The van der Waals surface area contributed by atoms with Crippen molar-refractivity contribution >= 4 is 21.8 Å². The van der Waals surface area contributed by atoms with Crippen molar-refractivity contribution in [1.29, 1.82) is 0 Å². The van der Waals surface area contributed by atoms with E-state index in [1.807, 2.05) is 48.5 Å². The van der Waals surface area contributed by atoms with Gasteiger partial charge in [0, 0.05) is 23.8 Å². The molecule has 1 aromatic heterocycles. The van der Waals surface area contributed by atoms with Gasteiger partial charge in [0.2, 0.25) is 5.88 Å². The minimum atomic E-state index is -0.230. The van der Waals surface area contributed by atoms with Crippen LogP contribution < -0.4 is 14.2 Å². The van der Waals surface area contributed by atoms with Crippen LogP contribution in [0, 0.1) is 0 Å². The predicted octanol–water partition coefficient (Wildman–Crippen LogP) is 4.55. The van der Waals surface area contributed by atoms with Gasteiger partial charge in [0.25, 0.3) is 5.91 Å². The van der Waals surface area contributed by atoms with Gasteiger partial charge in [0.05, 0.1) is 12.1 Å². The monoisotopic (exact) mass is 454 g/mol. The number of rotatable bonds is 5. The maximum atomic E-state index is 12.7. The summed E-state index contributed by atoms with van der Waals surface area (Å²) < 4.78 is 18.3. The molecule has 1 aliphatic rings. The molecule has 148 valence electrons. The van der Waals surface area contributed by atoms with Crippen LogP contribution in [-0.2, 0) is 0 Å². The molecule has 0 aliphatic carbocycles. The van der Waals surface area contributed by atoms with E-state index in [0.717, 1.165) is 10.2 Å². The number of carbonyl (C=O) groups is 1. The molecule has 0 saturated carbocycles. The van der Waals surface area contributed by atoms with Gasteiger partial charge in [-0.15, -0.1) is 0 Å². The molecule has 1 amide bonds. The van der Waals surface area contributed by atoms with E-state index >= 15 is 0 Å². The number of amides is 1. The van der Waals surface area contributed by atoms with Gasteiger partial charge in [0.1, 0.15) is 12.4 Å². The van der Waals surface area contributed by atoms with Crippen molar-refractivity contribution in [1.82, 2.24) is 9.88 Å². The zero-order valence-corrected chi connectivity index (χ0v) is 17.3. The second-order valence-electron chi connectivity index (χ2n) is 6.62. The number of ether oxygens (including phenoxy) is 3. The van der Waals surface area contributed by atoms with Crippen molar-refractivity contribution in [2.45, 2.75) is 6.10 Å². The Balaban J connectivity index is 1.36. The lowest BCUT2D eigenvalue weighted by Crippen LogP contribution is -2.41. The van der Waals surface area contributed by atoms with Crippen molar-refractivity contribution < 1.29 is 19.0 Å². The molecule has 2 aromatic carbocycles. The standard InChI is InChI=1S/C22H19BrN2O4/c1-25(13-18-14-27-19-4-2-3-5-20(19)28-18)22(26)15-6-11-21(24-12-15)29-17-9-7-16(23)8-10-17/h2-12,18H,13-14H2,1H3. The average Bonchev–Trinajstić information content (AvgIpc) is 2.75. The number of pyridine rings is 1. The molecule has 0 bridgehead atoms. The first-order chi connectivity index (χ1) is 14.1. The first-order valence-corrected chi connectivity index (χ1v) is 9.91. The number of nitrogens with zero attached hydrogens (tertiary/aromatic N) is 2. The third kappa shape index (κ3) is 4.68. The Morgan fingerprint density at radius 3 is 2.62 bits per heavy atom. The molecule has 2 heterocycles. The van der Waals surface area contributed by atoms with E-state index in [2.05, 4.69) is 20.9 Å². The summed E-state index contributed by atoms with van der Waals surface area (Å²) in [5, 5.41) is 0. The molecule has 7 heteroatoms. The number of aromatic nitrogens is 1. The Bertz CT molecular complexity index is 992. The summed E-state index contributed by atoms with van der Waals surface area (Å²) in [5.41, 5.74) is 0.479. The highest BCUT2D eigenvalue weighted by Crippen LogP contribution is 2.31.